The summed E-state index contributed by atoms with van der Waals surface area (Å²) in [6.45, 7) is 9.44. The number of carboxylic acids is 2. The Bertz CT molecular complexity index is 566. The van der Waals surface area contributed by atoms with Crippen molar-refractivity contribution in [2.24, 2.45) is 5.92 Å². The molecule has 1 heterocycles. The van der Waals surface area contributed by atoms with E-state index in [1.807, 2.05) is 33.4 Å². The molecule has 0 atom stereocenters. The Kier molecular flexibility index (Phi) is 11.7. The highest BCUT2D eigenvalue weighted by atomic mass is 16.4. The fourth-order valence-electron chi connectivity index (χ4n) is 3.31. The molecule has 30 heavy (non-hydrogen) atoms. The third kappa shape index (κ3) is 11.3. The van der Waals surface area contributed by atoms with Crippen LogP contribution in [0.1, 0.15) is 20.8 Å². The maximum atomic E-state index is 12.3. The van der Waals surface area contributed by atoms with E-state index in [2.05, 4.69) is 0 Å². The van der Waals surface area contributed by atoms with Gasteiger partial charge in [0.15, 0.2) is 0 Å². The Morgan fingerprint density at radius 1 is 0.633 bits per heavy atom. The first-order valence-electron chi connectivity index (χ1n) is 10.4. The molecule has 0 amide bonds. The summed E-state index contributed by atoms with van der Waals surface area (Å²) in [6, 6.07) is 0. The monoisotopic (exact) mass is 428 g/mol. The van der Waals surface area contributed by atoms with Crippen molar-refractivity contribution in [1.29, 1.82) is 0 Å². The van der Waals surface area contributed by atoms with Crippen LogP contribution >= 0.6 is 0 Å². The number of Topliss-reactive ketones (excluding diaryl/α,β-unsaturated/α-hetero) is 2. The summed E-state index contributed by atoms with van der Waals surface area (Å²) in [5, 5.41) is 18.5. The first-order chi connectivity index (χ1) is 14.1. The lowest BCUT2D eigenvalue weighted by Crippen LogP contribution is -2.49. The minimum atomic E-state index is -0.919. The first kappa shape index (κ1) is 26.2. The van der Waals surface area contributed by atoms with Crippen LogP contribution in [-0.4, -0.2) is 132 Å². The zero-order valence-corrected chi connectivity index (χ0v) is 18.4. The van der Waals surface area contributed by atoms with Gasteiger partial charge in [-0.1, -0.05) is 13.8 Å². The van der Waals surface area contributed by atoms with Crippen LogP contribution in [0.2, 0.25) is 0 Å². The molecule has 1 aliphatic rings. The molecule has 0 bridgehead atoms. The highest BCUT2D eigenvalue weighted by Gasteiger charge is 2.21. The number of hydrogen-bond donors (Lipinski definition) is 2. The van der Waals surface area contributed by atoms with E-state index in [1.54, 1.807) is 0 Å². The Hall–Kier alpha value is -1.88. The Labute approximate surface area is 178 Å². The predicted octanol–water partition coefficient (Wildman–Crippen LogP) is -0.809. The predicted molar refractivity (Wildman–Crippen MR) is 112 cm³/mol. The molecule has 1 saturated heterocycles. The van der Waals surface area contributed by atoms with Gasteiger partial charge in [-0.05, 0) is 6.92 Å². The Morgan fingerprint density at radius 2 is 0.933 bits per heavy atom. The summed E-state index contributed by atoms with van der Waals surface area (Å²) < 4.78 is 0. The highest BCUT2D eigenvalue weighted by molar-refractivity contribution is 5.82. The van der Waals surface area contributed by atoms with Crippen LogP contribution in [0.5, 0.6) is 0 Å². The van der Waals surface area contributed by atoms with Crippen LogP contribution in [0, 0.1) is 5.92 Å². The SMILES string of the molecule is CC(=O)CN1CCN(CC(=O)O)CCN(CC(=O)C(C)C)CCN(CC(=O)O)CC1. The summed E-state index contributed by atoms with van der Waals surface area (Å²) in [5.41, 5.74) is 0. The van der Waals surface area contributed by atoms with E-state index in [-0.39, 0.29) is 43.7 Å². The molecular weight excluding hydrogens is 392 g/mol. The molecule has 1 rings (SSSR count). The molecule has 0 aromatic heterocycles. The standard InChI is InChI=1S/C20H36N4O6/c1-16(2)18(26)13-22-6-10-23(14-19(27)28)8-4-21(12-17(3)25)5-9-24(11-7-22)15-20(29)30/h16H,4-15H2,1-3H3,(H,27,28)(H,29,30). The average molecular weight is 429 g/mol. The van der Waals surface area contributed by atoms with Crippen molar-refractivity contribution in [2.45, 2.75) is 20.8 Å². The van der Waals surface area contributed by atoms with Crippen molar-refractivity contribution in [3.8, 4) is 0 Å². The molecule has 0 spiro atoms. The van der Waals surface area contributed by atoms with Gasteiger partial charge in [0.1, 0.15) is 11.6 Å². The molecule has 0 aromatic carbocycles. The lowest BCUT2D eigenvalue weighted by molar-refractivity contribution is -0.139. The summed E-state index contributed by atoms with van der Waals surface area (Å²) in [7, 11) is 0. The molecule has 0 aromatic rings. The van der Waals surface area contributed by atoms with Crippen LogP contribution in [0.15, 0.2) is 0 Å². The molecule has 0 aliphatic carbocycles. The zero-order chi connectivity index (χ0) is 22.7. The molecule has 2 N–H and O–H groups in total. The molecular formula is C20H36N4O6. The van der Waals surface area contributed by atoms with Gasteiger partial charge in [0, 0.05) is 58.3 Å². The fraction of sp³-hybridized carbons (Fsp3) is 0.800. The minimum Gasteiger partial charge on any atom is -0.480 e. The van der Waals surface area contributed by atoms with Gasteiger partial charge in [-0.3, -0.25) is 38.8 Å². The van der Waals surface area contributed by atoms with E-state index in [1.165, 1.54) is 6.92 Å². The first-order valence-corrected chi connectivity index (χ1v) is 10.4. The van der Waals surface area contributed by atoms with E-state index < -0.39 is 11.9 Å². The van der Waals surface area contributed by atoms with E-state index in [0.717, 1.165) is 0 Å². The molecule has 10 heteroatoms. The van der Waals surface area contributed by atoms with Gasteiger partial charge in [0.25, 0.3) is 0 Å². The topological polar surface area (TPSA) is 122 Å². The molecule has 1 fully saturated rings. The maximum absolute atomic E-state index is 12.3. The van der Waals surface area contributed by atoms with Crippen LogP contribution in [0.25, 0.3) is 0 Å². The van der Waals surface area contributed by atoms with Crippen molar-refractivity contribution >= 4 is 23.5 Å². The molecule has 0 radical (unpaired) electrons. The summed E-state index contributed by atoms with van der Waals surface area (Å²) in [5.74, 6) is -1.83. The zero-order valence-electron chi connectivity index (χ0n) is 18.4. The van der Waals surface area contributed by atoms with E-state index in [9.17, 15) is 29.4 Å². The second-order valence-electron chi connectivity index (χ2n) is 8.22. The van der Waals surface area contributed by atoms with Crippen molar-refractivity contribution < 1.29 is 29.4 Å². The molecule has 0 unspecified atom stereocenters. The molecule has 172 valence electrons. The van der Waals surface area contributed by atoms with Gasteiger partial charge < -0.3 is 10.2 Å². The summed E-state index contributed by atoms with van der Waals surface area (Å²) >= 11 is 0. The number of nitrogens with zero attached hydrogens (tertiary/aromatic N) is 4. The number of aliphatic carboxylic acids is 2. The highest BCUT2D eigenvalue weighted by Crippen LogP contribution is 2.03. The maximum Gasteiger partial charge on any atom is 0.317 e. The summed E-state index contributed by atoms with van der Waals surface area (Å²) in [4.78, 5) is 53.9. The molecule has 10 nitrogen and oxygen atoms in total. The van der Waals surface area contributed by atoms with Crippen molar-refractivity contribution in [3.63, 3.8) is 0 Å². The van der Waals surface area contributed by atoms with Gasteiger partial charge in [-0.15, -0.1) is 0 Å². The van der Waals surface area contributed by atoms with E-state index in [4.69, 9.17) is 0 Å². The number of ketones is 2. The second kappa shape index (κ2) is 13.4. The van der Waals surface area contributed by atoms with Crippen LogP contribution < -0.4 is 0 Å². The molecule has 1 aliphatic heterocycles. The normalized spacial score (nSPS) is 19.2. The van der Waals surface area contributed by atoms with Crippen molar-refractivity contribution in [3.05, 3.63) is 0 Å². The van der Waals surface area contributed by atoms with Crippen LogP contribution in [-0.2, 0) is 19.2 Å². The Balaban J connectivity index is 2.95. The van der Waals surface area contributed by atoms with Crippen molar-refractivity contribution in [2.75, 3.05) is 78.5 Å². The third-order valence-corrected chi connectivity index (χ3v) is 5.12. The third-order valence-electron chi connectivity index (χ3n) is 5.12. The van der Waals surface area contributed by atoms with Gasteiger partial charge in [0.2, 0.25) is 0 Å². The van der Waals surface area contributed by atoms with Gasteiger partial charge in [-0.2, -0.15) is 0 Å². The number of carbonyl (C=O) groups excluding carboxylic acids is 2. The number of rotatable bonds is 9. The summed E-state index contributed by atoms with van der Waals surface area (Å²) in [6.07, 6.45) is 0. The molecule has 0 saturated carbocycles. The number of carboxylic acid groups (broad SMARTS) is 2. The van der Waals surface area contributed by atoms with E-state index >= 15 is 0 Å². The van der Waals surface area contributed by atoms with Crippen LogP contribution in [0.4, 0.5) is 0 Å². The van der Waals surface area contributed by atoms with Gasteiger partial charge in [0.05, 0.1) is 26.2 Å². The van der Waals surface area contributed by atoms with E-state index in [0.29, 0.717) is 52.4 Å². The fourth-order valence-corrected chi connectivity index (χ4v) is 3.31. The largest absolute Gasteiger partial charge is 0.480 e. The lowest BCUT2D eigenvalue weighted by atomic mass is 10.1. The van der Waals surface area contributed by atoms with Crippen molar-refractivity contribution in [1.82, 2.24) is 19.6 Å². The van der Waals surface area contributed by atoms with Gasteiger partial charge in [-0.25, -0.2) is 0 Å². The van der Waals surface area contributed by atoms with Gasteiger partial charge >= 0.3 is 11.9 Å². The Morgan fingerprint density at radius 3 is 1.20 bits per heavy atom. The smallest absolute Gasteiger partial charge is 0.317 e. The lowest BCUT2D eigenvalue weighted by Gasteiger charge is -2.33. The minimum absolute atomic E-state index is 0.00929. The number of carbonyl (C=O) groups is 4. The van der Waals surface area contributed by atoms with Crippen LogP contribution in [0.3, 0.4) is 0 Å². The average Bonchev–Trinajstić information content (AvgIpc) is 2.62. The second-order valence-corrected chi connectivity index (χ2v) is 8.22. The number of hydrogen-bond acceptors (Lipinski definition) is 8. The quantitative estimate of drug-likeness (QED) is 0.482.